The molecule has 4 N–H and O–H groups in total. The van der Waals surface area contributed by atoms with Gasteiger partial charge in [-0.05, 0) is 43.5 Å². The van der Waals surface area contributed by atoms with Crippen molar-refractivity contribution in [1.82, 2.24) is 0 Å². The maximum atomic E-state index is 10.6. The van der Waals surface area contributed by atoms with E-state index >= 15 is 0 Å². The van der Waals surface area contributed by atoms with Crippen LogP contribution in [0.3, 0.4) is 0 Å². The van der Waals surface area contributed by atoms with Crippen molar-refractivity contribution in [3.05, 3.63) is 64.7 Å². The Morgan fingerprint density at radius 2 is 1.55 bits per heavy atom. The van der Waals surface area contributed by atoms with E-state index in [-0.39, 0.29) is 10.7 Å². The van der Waals surface area contributed by atoms with Crippen LogP contribution < -0.4 is 5.73 Å². The van der Waals surface area contributed by atoms with Crippen LogP contribution >= 0.6 is 0 Å². The predicted octanol–water partition coefficient (Wildman–Crippen LogP) is 2.83. The van der Waals surface area contributed by atoms with Crippen LogP contribution in [0.15, 0.2) is 47.4 Å². The Balaban J connectivity index is 0.000000220. The second-order valence-corrected chi connectivity index (χ2v) is 6.29. The van der Waals surface area contributed by atoms with Gasteiger partial charge in [0.25, 0.3) is 10.1 Å². The molecule has 6 heteroatoms. The number of amidine groups is 1. The summed E-state index contributed by atoms with van der Waals surface area (Å²) >= 11 is 0. The van der Waals surface area contributed by atoms with E-state index in [0.717, 1.165) is 11.1 Å². The third kappa shape index (κ3) is 4.68. The summed E-state index contributed by atoms with van der Waals surface area (Å²) in [6.07, 6.45) is 0. The molecule has 0 fully saturated rings. The summed E-state index contributed by atoms with van der Waals surface area (Å²) in [5, 5.41) is 7.25. The molecule has 22 heavy (non-hydrogen) atoms. The molecule has 2 aromatic rings. The summed E-state index contributed by atoms with van der Waals surface area (Å²) in [5.41, 5.74) is 9.03. The Hall–Kier alpha value is -2.18. The fourth-order valence-corrected chi connectivity index (χ4v) is 2.61. The molecular weight excluding hydrogens is 300 g/mol. The lowest BCUT2D eigenvalue weighted by Crippen LogP contribution is -2.12. The van der Waals surface area contributed by atoms with Crippen LogP contribution in [-0.4, -0.2) is 18.8 Å². The fraction of sp³-hybridized carbons (Fsp3) is 0.188. The number of nitrogen functional groups attached to an aromatic ring is 1. The molecule has 0 aliphatic heterocycles. The highest BCUT2D eigenvalue weighted by Crippen LogP contribution is 2.12. The molecule has 0 unspecified atom stereocenters. The van der Waals surface area contributed by atoms with Gasteiger partial charge in [-0.2, -0.15) is 8.42 Å². The number of nitrogens with two attached hydrogens (primary N) is 1. The van der Waals surface area contributed by atoms with Gasteiger partial charge >= 0.3 is 0 Å². The van der Waals surface area contributed by atoms with E-state index in [1.54, 1.807) is 25.1 Å². The molecule has 0 heterocycles. The average molecular weight is 320 g/mol. The topological polar surface area (TPSA) is 104 Å². The van der Waals surface area contributed by atoms with Crippen molar-refractivity contribution in [3.8, 4) is 0 Å². The van der Waals surface area contributed by atoms with Crippen molar-refractivity contribution in [1.29, 1.82) is 5.41 Å². The minimum atomic E-state index is -4.03. The summed E-state index contributed by atoms with van der Waals surface area (Å²) in [4.78, 5) is -0.0278. The van der Waals surface area contributed by atoms with Gasteiger partial charge in [0.2, 0.25) is 0 Å². The molecule has 2 rings (SSSR count). The highest BCUT2D eigenvalue weighted by atomic mass is 32.2. The lowest BCUT2D eigenvalue weighted by atomic mass is 10.0. The van der Waals surface area contributed by atoms with Crippen molar-refractivity contribution in [2.75, 3.05) is 0 Å². The fourth-order valence-electron chi connectivity index (χ4n) is 1.89. The largest absolute Gasteiger partial charge is 0.384 e. The first-order valence-corrected chi connectivity index (χ1v) is 8.02. The van der Waals surface area contributed by atoms with Gasteiger partial charge in [0.05, 0.1) is 4.90 Å². The van der Waals surface area contributed by atoms with Crippen LogP contribution in [0.1, 0.15) is 22.3 Å². The van der Waals surface area contributed by atoms with Crippen LogP contribution in [0.2, 0.25) is 0 Å². The monoisotopic (exact) mass is 320 g/mol. The zero-order valence-corrected chi connectivity index (χ0v) is 13.6. The van der Waals surface area contributed by atoms with Crippen molar-refractivity contribution in [2.24, 2.45) is 5.73 Å². The van der Waals surface area contributed by atoms with E-state index in [4.69, 9.17) is 15.7 Å². The lowest BCUT2D eigenvalue weighted by Gasteiger charge is -2.05. The maximum absolute atomic E-state index is 10.6. The van der Waals surface area contributed by atoms with Gasteiger partial charge in [-0.3, -0.25) is 9.96 Å². The Kier molecular flexibility index (Phi) is 5.84. The van der Waals surface area contributed by atoms with Crippen molar-refractivity contribution in [2.45, 2.75) is 25.7 Å². The number of nitrogens with one attached hydrogen (secondary N) is 1. The van der Waals surface area contributed by atoms with E-state index in [0.29, 0.717) is 5.56 Å². The summed E-state index contributed by atoms with van der Waals surface area (Å²) in [6.45, 7) is 5.62. The van der Waals surface area contributed by atoms with Gasteiger partial charge in [0.1, 0.15) is 5.84 Å². The number of aryl methyl sites for hydroxylation is 2. The first-order valence-electron chi connectivity index (χ1n) is 6.58. The van der Waals surface area contributed by atoms with Gasteiger partial charge in [-0.1, -0.05) is 36.4 Å². The molecule has 2 aromatic carbocycles. The Labute approximate surface area is 131 Å². The van der Waals surface area contributed by atoms with Gasteiger partial charge in [0, 0.05) is 5.56 Å². The van der Waals surface area contributed by atoms with E-state index in [9.17, 15) is 8.42 Å². The number of rotatable bonds is 2. The maximum Gasteiger partial charge on any atom is 0.294 e. The first-order chi connectivity index (χ1) is 10.1. The molecule has 0 saturated heterocycles. The predicted molar refractivity (Wildman–Crippen MR) is 87.9 cm³/mol. The molecule has 0 aromatic heterocycles. The van der Waals surface area contributed by atoms with Crippen LogP contribution in [0, 0.1) is 26.2 Å². The average Bonchev–Trinajstić information content (AvgIpc) is 2.41. The zero-order valence-electron chi connectivity index (χ0n) is 12.8. The molecule has 118 valence electrons. The summed E-state index contributed by atoms with van der Waals surface area (Å²) < 4.78 is 29.9. The Morgan fingerprint density at radius 3 is 1.95 bits per heavy atom. The molecule has 5 nitrogen and oxygen atoms in total. The van der Waals surface area contributed by atoms with Crippen molar-refractivity contribution in [3.63, 3.8) is 0 Å². The minimum absolute atomic E-state index is 0.0278. The molecule has 0 spiro atoms. The molecule has 0 saturated carbocycles. The number of benzene rings is 2. The molecule has 0 aliphatic carbocycles. The van der Waals surface area contributed by atoms with Gasteiger partial charge < -0.3 is 5.73 Å². The summed E-state index contributed by atoms with van der Waals surface area (Å²) in [6, 6.07) is 12.1. The second kappa shape index (κ2) is 7.20. The number of hydrogen-bond acceptors (Lipinski definition) is 3. The lowest BCUT2D eigenvalue weighted by molar-refractivity contribution is 0.482. The first kappa shape index (κ1) is 17.9. The van der Waals surface area contributed by atoms with Gasteiger partial charge in [-0.25, -0.2) is 0 Å². The third-order valence-electron chi connectivity index (χ3n) is 3.27. The molecule has 0 bridgehead atoms. The van der Waals surface area contributed by atoms with E-state index in [1.807, 2.05) is 32.0 Å². The quantitative estimate of drug-likeness (QED) is 0.449. The van der Waals surface area contributed by atoms with E-state index in [1.165, 1.54) is 11.6 Å². The van der Waals surface area contributed by atoms with Gasteiger partial charge in [-0.15, -0.1) is 0 Å². The van der Waals surface area contributed by atoms with E-state index in [2.05, 4.69) is 0 Å². The molecule has 0 aliphatic rings. The Morgan fingerprint density at radius 1 is 1.00 bits per heavy atom. The molecular formula is C16H20N2O3S. The third-order valence-corrected chi connectivity index (χ3v) is 4.28. The minimum Gasteiger partial charge on any atom is -0.384 e. The number of hydrogen-bond donors (Lipinski definition) is 3. The SMILES string of the molecule is Cc1cccc(C(=N)N)c1C.Cc1ccccc1S(=O)(=O)O. The molecule has 0 atom stereocenters. The van der Waals surface area contributed by atoms with Crippen LogP contribution in [0.5, 0.6) is 0 Å². The summed E-state index contributed by atoms with van der Waals surface area (Å²) in [5.74, 6) is 0.145. The van der Waals surface area contributed by atoms with Crippen LogP contribution in [0.4, 0.5) is 0 Å². The smallest absolute Gasteiger partial charge is 0.294 e. The highest BCUT2D eigenvalue weighted by molar-refractivity contribution is 7.85. The summed E-state index contributed by atoms with van der Waals surface area (Å²) in [7, 11) is -4.03. The molecule has 0 amide bonds. The Bertz CT molecular complexity index is 784. The molecule has 0 radical (unpaired) electrons. The van der Waals surface area contributed by atoms with Crippen LogP contribution in [-0.2, 0) is 10.1 Å². The van der Waals surface area contributed by atoms with Crippen molar-refractivity contribution < 1.29 is 13.0 Å². The van der Waals surface area contributed by atoms with E-state index < -0.39 is 10.1 Å². The van der Waals surface area contributed by atoms with Crippen molar-refractivity contribution >= 4 is 16.0 Å². The van der Waals surface area contributed by atoms with Gasteiger partial charge in [0.15, 0.2) is 0 Å². The standard InChI is InChI=1S/C9H12N2.C7H8O3S/c1-6-4-3-5-8(7(6)2)9(10)11;1-6-4-2-3-5-7(6)11(8,9)10/h3-5H,1-2H3,(H3,10,11);2-5H,1H3,(H,8,9,10). The second-order valence-electron chi connectivity index (χ2n) is 4.90. The zero-order chi connectivity index (χ0) is 16.9. The normalized spacial score (nSPS) is 10.5. The highest BCUT2D eigenvalue weighted by Gasteiger charge is 2.10. The van der Waals surface area contributed by atoms with Crippen LogP contribution in [0.25, 0.3) is 0 Å².